The number of thioether (sulfide) groups is 1. The van der Waals surface area contributed by atoms with E-state index in [4.69, 9.17) is 11.6 Å². The number of rotatable bonds is 4. The first-order valence-corrected chi connectivity index (χ1v) is 9.40. The van der Waals surface area contributed by atoms with Crippen molar-refractivity contribution in [3.05, 3.63) is 53.8 Å². The smallest absolute Gasteiger partial charge is 0.281 e. The molecule has 0 saturated carbocycles. The van der Waals surface area contributed by atoms with E-state index in [1.165, 1.54) is 16.2 Å². The van der Waals surface area contributed by atoms with Crippen LogP contribution in [0.3, 0.4) is 0 Å². The Morgan fingerprint density at radius 3 is 2.68 bits per heavy atom. The highest BCUT2D eigenvalue weighted by Gasteiger charge is 2.25. The number of pyridine rings is 1. The summed E-state index contributed by atoms with van der Waals surface area (Å²) in [6, 6.07) is 12.4. The van der Waals surface area contributed by atoms with Crippen LogP contribution in [0.25, 0.3) is 5.65 Å². The van der Waals surface area contributed by atoms with Gasteiger partial charge in [-0.25, -0.2) is 4.98 Å². The summed E-state index contributed by atoms with van der Waals surface area (Å²) < 4.78 is 29.4. The minimum Gasteiger partial charge on any atom is -0.288 e. The minimum absolute atomic E-state index is 0.0552. The van der Waals surface area contributed by atoms with Crippen LogP contribution in [0.2, 0.25) is 5.15 Å². The predicted octanol–water partition coefficient (Wildman–Crippen LogP) is 3.51. The zero-order valence-corrected chi connectivity index (χ0v) is 13.9. The third-order valence-corrected chi connectivity index (χ3v) is 5.61. The Bertz CT molecular complexity index is 938. The molecule has 0 fully saturated rings. The van der Waals surface area contributed by atoms with Crippen molar-refractivity contribution in [1.82, 2.24) is 9.38 Å². The van der Waals surface area contributed by atoms with Crippen LogP contribution in [-0.4, -0.2) is 24.1 Å². The van der Waals surface area contributed by atoms with Crippen molar-refractivity contribution in [3.63, 3.8) is 0 Å². The van der Waals surface area contributed by atoms with E-state index in [0.29, 0.717) is 11.3 Å². The van der Waals surface area contributed by atoms with Crippen LogP contribution in [-0.2, 0) is 10.0 Å². The second kappa shape index (κ2) is 5.83. The quantitative estimate of drug-likeness (QED) is 0.729. The third-order valence-electron chi connectivity index (χ3n) is 3.05. The molecular formula is C14H12ClN3O2S2. The van der Waals surface area contributed by atoms with Gasteiger partial charge in [-0.2, -0.15) is 8.42 Å². The van der Waals surface area contributed by atoms with E-state index in [9.17, 15) is 8.42 Å². The van der Waals surface area contributed by atoms with E-state index in [2.05, 4.69) is 9.71 Å². The first-order chi connectivity index (χ1) is 10.5. The van der Waals surface area contributed by atoms with Crippen LogP contribution in [0, 0.1) is 0 Å². The van der Waals surface area contributed by atoms with Gasteiger partial charge in [-0.05, 0) is 30.5 Å². The number of imidazole rings is 1. The molecule has 5 nitrogen and oxygen atoms in total. The summed E-state index contributed by atoms with van der Waals surface area (Å²) in [5, 5.41) is -0.124. The van der Waals surface area contributed by atoms with Gasteiger partial charge in [0.25, 0.3) is 10.0 Å². The molecule has 3 aromatic rings. The average Bonchev–Trinajstić information content (AvgIpc) is 2.84. The van der Waals surface area contributed by atoms with Crippen molar-refractivity contribution >= 4 is 44.7 Å². The maximum Gasteiger partial charge on any atom is 0.281 e. The highest BCUT2D eigenvalue weighted by molar-refractivity contribution is 7.99. The van der Waals surface area contributed by atoms with Crippen molar-refractivity contribution in [2.45, 2.75) is 9.92 Å². The van der Waals surface area contributed by atoms with Gasteiger partial charge in [0.05, 0.1) is 5.69 Å². The Morgan fingerprint density at radius 1 is 1.18 bits per heavy atom. The first-order valence-electron chi connectivity index (χ1n) is 6.31. The third kappa shape index (κ3) is 2.67. The van der Waals surface area contributed by atoms with Crippen LogP contribution in [0.4, 0.5) is 5.69 Å². The topological polar surface area (TPSA) is 63.5 Å². The Hall–Kier alpha value is -1.70. The van der Waals surface area contributed by atoms with Gasteiger partial charge in [0.1, 0.15) is 5.65 Å². The van der Waals surface area contributed by atoms with E-state index < -0.39 is 10.0 Å². The number of benzene rings is 1. The number of hydrogen-bond donors (Lipinski definition) is 1. The average molecular weight is 354 g/mol. The van der Waals surface area contributed by atoms with Crippen LogP contribution >= 0.6 is 23.4 Å². The number of aromatic nitrogens is 2. The molecule has 0 radical (unpaired) electrons. The number of nitrogens with zero attached hydrogens (tertiary/aromatic N) is 2. The van der Waals surface area contributed by atoms with E-state index in [-0.39, 0.29) is 10.2 Å². The Kier molecular flexibility index (Phi) is 4.03. The van der Waals surface area contributed by atoms with Gasteiger partial charge in [-0.15, -0.1) is 11.8 Å². The lowest BCUT2D eigenvalue weighted by Crippen LogP contribution is -2.16. The van der Waals surface area contributed by atoms with Crippen LogP contribution < -0.4 is 4.72 Å². The van der Waals surface area contributed by atoms with E-state index in [1.54, 1.807) is 36.5 Å². The first kappa shape index (κ1) is 15.2. The highest BCUT2D eigenvalue weighted by Crippen LogP contribution is 2.29. The summed E-state index contributed by atoms with van der Waals surface area (Å²) in [5.74, 6) is 0. The van der Waals surface area contributed by atoms with Gasteiger partial charge in [-0.3, -0.25) is 9.12 Å². The fourth-order valence-corrected chi connectivity index (χ4v) is 4.45. The molecule has 1 aromatic carbocycles. The lowest BCUT2D eigenvalue weighted by atomic mass is 10.3. The monoisotopic (exact) mass is 353 g/mol. The zero-order chi connectivity index (χ0) is 15.7. The normalized spacial score (nSPS) is 11.7. The lowest BCUT2D eigenvalue weighted by Gasteiger charge is -2.11. The second-order valence-electron chi connectivity index (χ2n) is 4.44. The molecule has 0 atom stereocenters. The number of sulfonamides is 1. The summed E-state index contributed by atoms with van der Waals surface area (Å²) in [7, 11) is -3.85. The molecule has 0 spiro atoms. The molecule has 22 heavy (non-hydrogen) atoms. The summed E-state index contributed by atoms with van der Waals surface area (Å²) in [6.07, 6.45) is 3.50. The van der Waals surface area contributed by atoms with Crippen LogP contribution in [0.5, 0.6) is 0 Å². The summed E-state index contributed by atoms with van der Waals surface area (Å²) in [5.41, 5.74) is 0.989. The summed E-state index contributed by atoms with van der Waals surface area (Å²) in [6.45, 7) is 0. The van der Waals surface area contributed by atoms with Crippen molar-refractivity contribution in [1.29, 1.82) is 0 Å². The van der Waals surface area contributed by atoms with Crippen molar-refractivity contribution in [2.75, 3.05) is 11.0 Å². The number of anilines is 1. The van der Waals surface area contributed by atoms with Crippen molar-refractivity contribution in [2.24, 2.45) is 0 Å². The molecule has 114 valence electrons. The fourth-order valence-electron chi connectivity index (χ4n) is 2.11. The van der Waals surface area contributed by atoms with Crippen LogP contribution in [0.1, 0.15) is 0 Å². The molecule has 0 aliphatic heterocycles. The Labute approximate surface area is 137 Å². The number of fused-ring (bicyclic) bond motifs is 1. The molecule has 0 saturated heterocycles. The maximum absolute atomic E-state index is 12.7. The fraction of sp³-hybridized carbons (Fsp3) is 0.0714. The van der Waals surface area contributed by atoms with Gasteiger partial charge in [0, 0.05) is 11.1 Å². The molecule has 8 heteroatoms. The summed E-state index contributed by atoms with van der Waals surface area (Å²) in [4.78, 5) is 4.90. The van der Waals surface area contributed by atoms with Gasteiger partial charge in [-0.1, -0.05) is 29.8 Å². The number of halogens is 1. The van der Waals surface area contributed by atoms with E-state index in [0.717, 1.165) is 4.90 Å². The highest BCUT2D eigenvalue weighted by atomic mass is 35.5. The molecular weight excluding hydrogens is 342 g/mol. The van der Waals surface area contributed by atoms with Gasteiger partial charge >= 0.3 is 0 Å². The largest absolute Gasteiger partial charge is 0.288 e. The van der Waals surface area contributed by atoms with Crippen molar-refractivity contribution < 1.29 is 8.42 Å². The second-order valence-corrected chi connectivity index (χ2v) is 7.25. The SMILES string of the molecule is CSc1ccccc1NS(=O)(=O)c1c(Cl)nc2ccccn12. The van der Waals surface area contributed by atoms with Gasteiger partial charge in [0.15, 0.2) is 10.2 Å². The molecule has 2 aromatic heterocycles. The number of para-hydroxylation sites is 1. The minimum atomic E-state index is -3.85. The molecule has 0 amide bonds. The lowest BCUT2D eigenvalue weighted by molar-refractivity contribution is 0.596. The molecule has 0 bridgehead atoms. The van der Waals surface area contributed by atoms with E-state index >= 15 is 0 Å². The van der Waals surface area contributed by atoms with E-state index in [1.807, 2.05) is 18.4 Å². The maximum atomic E-state index is 12.7. The molecule has 3 rings (SSSR count). The number of hydrogen-bond acceptors (Lipinski definition) is 4. The van der Waals surface area contributed by atoms with Gasteiger partial charge in [0.2, 0.25) is 0 Å². The van der Waals surface area contributed by atoms with Gasteiger partial charge < -0.3 is 0 Å². The molecule has 0 unspecified atom stereocenters. The molecule has 1 N–H and O–H groups in total. The van der Waals surface area contributed by atoms with Crippen LogP contribution in [0.15, 0.2) is 58.6 Å². The number of nitrogens with one attached hydrogen (secondary N) is 1. The molecule has 2 heterocycles. The predicted molar refractivity (Wildman–Crippen MR) is 89.2 cm³/mol. The Balaban J connectivity index is 2.11. The molecule has 0 aliphatic rings. The molecule has 0 aliphatic carbocycles. The Morgan fingerprint density at radius 2 is 1.91 bits per heavy atom. The summed E-state index contributed by atoms with van der Waals surface area (Å²) >= 11 is 7.49. The standard InChI is InChI=1S/C14H12ClN3O2S2/c1-21-11-7-3-2-6-10(11)17-22(19,20)14-13(15)16-12-8-4-5-9-18(12)14/h2-9,17H,1H3. The van der Waals surface area contributed by atoms with Crippen molar-refractivity contribution in [3.8, 4) is 0 Å². The zero-order valence-electron chi connectivity index (χ0n) is 11.5.